The Bertz CT molecular complexity index is 801. The van der Waals surface area contributed by atoms with Crippen molar-refractivity contribution in [1.29, 1.82) is 0 Å². The number of aromatic nitrogens is 3. The molecule has 0 N–H and O–H groups in total. The van der Waals surface area contributed by atoms with Crippen LogP contribution in [0.5, 0.6) is 0 Å². The van der Waals surface area contributed by atoms with Gasteiger partial charge >= 0.3 is 0 Å². The van der Waals surface area contributed by atoms with E-state index in [1.165, 1.54) is 0 Å². The Hall–Kier alpha value is -2.00. The minimum absolute atomic E-state index is 0.155. The zero-order valence-corrected chi connectivity index (χ0v) is 13.0. The van der Waals surface area contributed by atoms with E-state index in [-0.39, 0.29) is 5.41 Å². The predicted octanol–water partition coefficient (Wildman–Crippen LogP) is 4.64. The summed E-state index contributed by atoms with van der Waals surface area (Å²) in [6, 6.07) is 11.8. The molecule has 0 atom stereocenters. The fraction of sp³-hybridized carbons (Fsp3) is 0.235. The van der Waals surface area contributed by atoms with Crippen LogP contribution in [0.25, 0.3) is 22.2 Å². The van der Waals surface area contributed by atoms with Crippen LogP contribution in [0.3, 0.4) is 0 Å². The highest BCUT2D eigenvalue weighted by Gasteiger charge is 2.19. The van der Waals surface area contributed by atoms with E-state index < -0.39 is 0 Å². The first-order valence-corrected chi connectivity index (χ1v) is 7.22. The summed E-state index contributed by atoms with van der Waals surface area (Å²) in [6.45, 7) is 6.22. The molecule has 0 unspecified atom stereocenters. The highest BCUT2D eigenvalue weighted by atomic mass is 35.5. The van der Waals surface area contributed by atoms with E-state index in [0.29, 0.717) is 5.15 Å². The lowest BCUT2D eigenvalue weighted by Crippen LogP contribution is -2.16. The number of fused-ring (bicyclic) bond motifs is 1. The number of pyridine rings is 1. The standard InChI is InChI=1S/C17H16ClN3/c1-17(2,3)16-20-13(10-14(18)21-16)12-8-4-6-11-7-5-9-19-15(11)12/h4-10H,1-3H3. The van der Waals surface area contributed by atoms with Gasteiger partial charge in [-0.1, -0.05) is 56.6 Å². The lowest BCUT2D eigenvalue weighted by atomic mass is 9.95. The predicted molar refractivity (Wildman–Crippen MR) is 86.5 cm³/mol. The number of benzene rings is 1. The average Bonchev–Trinajstić information content (AvgIpc) is 2.45. The third kappa shape index (κ3) is 2.74. The third-order valence-corrected chi connectivity index (χ3v) is 3.47. The maximum Gasteiger partial charge on any atom is 0.136 e. The van der Waals surface area contributed by atoms with Gasteiger partial charge in [-0.25, -0.2) is 9.97 Å². The molecule has 2 heterocycles. The number of hydrogen-bond donors (Lipinski definition) is 0. The minimum atomic E-state index is -0.155. The van der Waals surface area contributed by atoms with Crippen LogP contribution in [0.15, 0.2) is 42.6 Å². The van der Waals surface area contributed by atoms with Crippen LogP contribution in [0.1, 0.15) is 26.6 Å². The van der Waals surface area contributed by atoms with E-state index in [2.05, 4.69) is 35.7 Å². The molecular formula is C17H16ClN3. The zero-order valence-electron chi connectivity index (χ0n) is 12.3. The Morgan fingerprint density at radius 2 is 1.76 bits per heavy atom. The van der Waals surface area contributed by atoms with E-state index in [9.17, 15) is 0 Å². The van der Waals surface area contributed by atoms with Gasteiger partial charge in [0.25, 0.3) is 0 Å². The van der Waals surface area contributed by atoms with E-state index in [4.69, 9.17) is 11.6 Å². The first-order valence-electron chi connectivity index (χ1n) is 6.84. The van der Waals surface area contributed by atoms with Crippen LogP contribution in [0.2, 0.25) is 5.15 Å². The van der Waals surface area contributed by atoms with Crippen LogP contribution < -0.4 is 0 Å². The fourth-order valence-corrected chi connectivity index (χ4v) is 2.39. The highest BCUT2D eigenvalue weighted by Crippen LogP contribution is 2.29. The molecule has 3 aromatic rings. The number of nitrogens with zero attached hydrogens (tertiary/aromatic N) is 3. The molecule has 0 aliphatic rings. The maximum atomic E-state index is 6.19. The van der Waals surface area contributed by atoms with Gasteiger partial charge in [0.05, 0.1) is 11.2 Å². The van der Waals surface area contributed by atoms with Crippen LogP contribution in [-0.2, 0) is 5.41 Å². The lowest BCUT2D eigenvalue weighted by Gasteiger charge is -2.17. The second-order valence-corrected chi connectivity index (χ2v) is 6.42. The molecule has 1 aromatic carbocycles. The van der Waals surface area contributed by atoms with Gasteiger partial charge in [0.2, 0.25) is 0 Å². The number of halogens is 1. The number of para-hydroxylation sites is 1. The topological polar surface area (TPSA) is 38.7 Å². The van der Waals surface area contributed by atoms with Crippen molar-refractivity contribution in [3.8, 4) is 11.3 Å². The van der Waals surface area contributed by atoms with Crippen LogP contribution in [0.4, 0.5) is 0 Å². The third-order valence-electron chi connectivity index (χ3n) is 3.27. The summed E-state index contributed by atoms with van der Waals surface area (Å²) in [5, 5.41) is 1.54. The van der Waals surface area contributed by atoms with Crippen molar-refractivity contribution in [2.45, 2.75) is 26.2 Å². The minimum Gasteiger partial charge on any atom is -0.256 e. The largest absolute Gasteiger partial charge is 0.256 e. The summed E-state index contributed by atoms with van der Waals surface area (Å²) >= 11 is 6.19. The van der Waals surface area contributed by atoms with Crippen molar-refractivity contribution in [3.63, 3.8) is 0 Å². The maximum absolute atomic E-state index is 6.19. The summed E-state index contributed by atoms with van der Waals surface area (Å²) < 4.78 is 0. The van der Waals surface area contributed by atoms with Crippen molar-refractivity contribution in [2.24, 2.45) is 0 Å². The zero-order chi connectivity index (χ0) is 15.0. The van der Waals surface area contributed by atoms with Crippen molar-refractivity contribution < 1.29 is 0 Å². The molecule has 0 aliphatic carbocycles. The second-order valence-electron chi connectivity index (χ2n) is 6.03. The van der Waals surface area contributed by atoms with E-state index in [0.717, 1.165) is 28.0 Å². The molecule has 2 aromatic heterocycles. The number of hydrogen-bond acceptors (Lipinski definition) is 3. The Morgan fingerprint density at radius 1 is 1.00 bits per heavy atom. The van der Waals surface area contributed by atoms with E-state index in [1.807, 2.05) is 30.3 Å². The summed E-state index contributed by atoms with van der Waals surface area (Å²) in [4.78, 5) is 13.5. The molecule has 3 nitrogen and oxygen atoms in total. The van der Waals surface area contributed by atoms with Crippen molar-refractivity contribution in [3.05, 3.63) is 53.6 Å². The van der Waals surface area contributed by atoms with Gasteiger partial charge in [-0.2, -0.15) is 0 Å². The van der Waals surface area contributed by atoms with Crippen LogP contribution in [-0.4, -0.2) is 15.0 Å². The molecular weight excluding hydrogens is 282 g/mol. The smallest absolute Gasteiger partial charge is 0.136 e. The Labute approximate surface area is 129 Å². The molecule has 0 radical (unpaired) electrons. The molecule has 0 fully saturated rings. The normalized spacial score (nSPS) is 11.8. The summed E-state index contributed by atoms with van der Waals surface area (Å²) in [7, 11) is 0. The summed E-state index contributed by atoms with van der Waals surface area (Å²) in [6.07, 6.45) is 1.79. The van der Waals surface area contributed by atoms with Gasteiger partial charge in [0, 0.05) is 28.6 Å². The van der Waals surface area contributed by atoms with Crippen molar-refractivity contribution in [1.82, 2.24) is 15.0 Å². The monoisotopic (exact) mass is 297 g/mol. The molecule has 0 aliphatic heterocycles. The van der Waals surface area contributed by atoms with Gasteiger partial charge in [-0.3, -0.25) is 4.98 Å². The first-order chi connectivity index (χ1) is 9.95. The first kappa shape index (κ1) is 14.0. The van der Waals surface area contributed by atoms with Gasteiger partial charge in [-0.05, 0) is 6.07 Å². The van der Waals surface area contributed by atoms with Crippen molar-refractivity contribution in [2.75, 3.05) is 0 Å². The molecule has 3 rings (SSSR count). The molecule has 106 valence electrons. The quantitative estimate of drug-likeness (QED) is 0.614. The van der Waals surface area contributed by atoms with Gasteiger partial charge < -0.3 is 0 Å². The van der Waals surface area contributed by atoms with Gasteiger partial charge in [0.1, 0.15) is 11.0 Å². The SMILES string of the molecule is CC(C)(C)c1nc(Cl)cc(-c2cccc3cccnc23)n1. The Balaban J connectivity index is 2.26. The summed E-state index contributed by atoms with van der Waals surface area (Å²) in [5.41, 5.74) is 2.55. The Morgan fingerprint density at radius 3 is 2.52 bits per heavy atom. The van der Waals surface area contributed by atoms with Crippen molar-refractivity contribution >= 4 is 22.5 Å². The molecule has 21 heavy (non-hydrogen) atoms. The number of rotatable bonds is 1. The average molecular weight is 298 g/mol. The molecule has 0 bridgehead atoms. The van der Waals surface area contributed by atoms with E-state index in [1.54, 1.807) is 12.3 Å². The molecule has 0 spiro atoms. The highest BCUT2D eigenvalue weighted by molar-refractivity contribution is 6.29. The molecule has 0 saturated carbocycles. The summed E-state index contributed by atoms with van der Waals surface area (Å²) in [5.74, 6) is 0.734. The molecule has 0 saturated heterocycles. The second kappa shape index (κ2) is 5.08. The van der Waals surface area contributed by atoms with Gasteiger partial charge in [-0.15, -0.1) is 0 Å². The van der Waals surface area contributed by atoms with Gasteiger partial charge in [0.15, 0.2) is 0 Å². The van der Waals surface area contributed by atoms with Crippen LogP contribution in [0, 0.1) is 0 Å². The molecule has 4 heteroatoms. The fourth-order valence-electron chi connectivity index (χ4n) is 2.20. The molecule has 0 amide bonds. The van der Waals surface area contributed by atoms with E-state index >= 15 is 0 Å². The Kier molecular flexibility index (Phi) is 3.38. The van der Waals surface area contributed by atoms with Crippen LogP contribution >= 0.6 is 11.6 Å². The lowest BCUT2D eigenvalue weighted by molar-refractivity contribution is 0.546.